The van der Waals surface area contributed by atoms with Crippen molar-refractivity contribution in [2.45, 2.75) is 33.1 Å². The van der Waals surface area contributed by atoms with Crippen LogP contribution in [-0.2, 0) is 6.42 Å². The minimum Gasteiger partial charge on any atom is -0.493 e. The molecule has 1 aromatic carbocycles. The zero-order valence-electron chi connectivity index (χ0n) is 12.7. The van der Waals surface area contributed by atoms with Crippen molar-refractivity contribution in [3.05, 3.63) is 23.8 Å². The van der Waals surface area contributed by atoms with Crippen LogP contribution in [0.5, 0.6) is 11.5 Å². The summed E-state index contributed by atoms with van der Waals surface area (Å²) in [5.41, 5.74) is 1.31. The Hall–Kier alpha value is -1.22. The minimum atomic E-state index is 0.728. The van der Waals surface area contributed by atoms with Crippen LogP contribution in [-0.4, -0.2) is 27.3 Å². The molecule has 0 radical (unpaired) electrons. The van der Waals surface area contributed by atoms with Gasteiger partial charge in [-0.3, -0.25) is 0 Å². The van der Waals surface area contributed by atoms with Gasteiger partial charge in [0, 0.05) is 0 Å². The number of benzene rings is 1. The summed E-state index contributed by atoms with van der Waals surface area (Å²) in [5, 5.41) is 3.47. The van der Waals surface area contributed by atoms with Gasteiger partial charge in [-0.15, -0.1) is 0 Å². The van der Waals surface area contributed by atoms with Gasteiger partial charge in [0.1, 0.15) is 0 Å². The number of nitrogens with one attached hydrogen (secondary N) is 1. The standard InChI is InChI=1S/C16H27NO2/c1-13(2)12-17-10-6-5-7-14-8-9-15(18-3)16(11-14)19-4/h8-9,11,13,17H,5-7,10,12H2,1-4H3. The molecule has 0 heterocycles. The van der Waals surface area contributed by atoms with Gasteiger partial charge in [0.05, 0.1) is 14.2 Å². The second-order valence-electron chi connectivity index (χ2n) is 5.24. The average Bonchev–Trinajstić information content (AvgIpc) is 2.42. The molecule has 1 N–H and O–H groups in total. The first kappa shape index (κ1) is 15.8. The Balaban J connectivity index is 2.29. The molecule has 0 atom stereocenters. The van der Waals surface area contributed by atoms with E-state index in [9.17, 15) is 0 Å². The summed E-state index contributed by atoms with van der Waals surface area (Å²) in [6.07, 6.45) is 3.49. The lowest BCUT2D eigenvalue weighted by molar-refractivity contribution is 0.354. The van der Waals surface area contributed by atoms with Crippen LogP contribution in [0.4, 0.5) is 0 Å². The number of hydrogen-bond acceptors (Lipinski definition) is 3. The van der Waals surface area contributed by atoms with E-state index in [-0.39, 0.29) is 0 Å². The third-order valence-electron chi connectivity index (χ3n) is 3.07. The summed E-state index contributed by atoms with van der Waals surface area (Å²) >= 11 is 0. The quantitative estimate of drug-likeness (QED) is 0.695. The molecule has 108 valence electrons. The van der Waals surface area contributed by atoms with Crippen LogP contribution in [0.2, 0.25) is 0 Å². The van der Waals surface area contributed by atoms with Crippen molar-refractivity contribution in [2.75, 3.05) is 27.3 Å². The third-order valence-corrected chi connectivity index (χ3v) is 3.07. The SMILES string of the molecule is COc1ccc(CCCCNCC(C)C)cc1OC. The average molecular weight is 265 g/mol. The molecule has 0 fully saturated rings. The molecule has 19 heavy (non-hydrogen) atoms. The highest BCUT2D eigenvalue weighted by molar-refractivity contribution is 5.42. The summed E-state index contributed by atoms with van der Waals surface area (Å²) in [5.74, 6) is 2.34. The molecule has 0 bridgehead atoms. The molecular weight excluding hydrogens is 238 g/mol. The summed E-state index contributed by atoms with van der Waals surface area (Å²) < 4.78 is 10.5. The van der Waals surface area contributed by atoms with Gasteiger partial charge in [0.15, 0.2) is 11.5 Å². The van der Waals surface area contributed by atoms with Crippen molar-refractivity contribution in [1.82, 2.24) is 5.32 Å². The predicted molar refractivity (Wildman–Crippen MR) is 80.2 cm³/mol. The van der Waals surface area contributed by atoms with E-state index in [0.717, 1.165) is 36.9 Å². The molecule has 0 spiro atoms. The normalized spacial score (nSPS) is 10.8. The summed E-state index contributed by atoms with van der Waals surface area (Å²) in [7, 11) is 3.34. The molecule has 0 aliphatic rings. The number of rotatable bonds is 9. The van der Waals surface area contributed by atoms with E-state index in [1.54, 1.807) is 14.2 Å². The van der Waals surface area contributed by atoms with E-state index in [1.165, 1.54) is 18.4 Å². The van der Waals surface area contributed by atoms with Crippen molar-refractivity contribution in [2.24, 2.45) is 5.92 Å². The van der Waals surface area contributed by atoms with Gasteiger partial charge in [0.25, 0.3) is 0 Å². The van der Waals surface area contributed by atoms with Gasteiger partial charge in [-0.2, -0.15) is 0 Å². The van der Waals surface area contributed by atoms with Crippen molar-refractivity contribution >= 4 is 0 Å². The van der Waals surface area contributed by atoms with Gasteiger partial charge < -0.3 is 14.8 Å². The van der Waals surface area contributed by atoms with Gasteiger partial charge in [-0.05, 0) is 56.0 Å². The summed E-state index contributed by atoms with van der Waals surface area (Å²) in [6, 6.07) is 6.16. The van der Waals surface area contributed by atoms with Crippen molar-refractivity contribution in [3.63, 3.8) is 0 Å². The molecule has 1 aromatic rings. The Morgan fingerprint density at radius 3 is 2.42 bits per heavy atom. The molecule has 3 nitrogen and oxygen atoms in total. The van der Waals surface area contributed by atoms with Crippen molar-refractivity contribution in [1.29, 1.82) is 0 Å². The molecular formula is C16H27NO2. The molecule has 0 aliphatic carbocycles. The van der Waals surface area contributed by atoms with Crippen LogP contribution < -0.4 is 14.8 Å². The largest absolute Gasteiger partial charge is 0.493 e. The highest BCUT2D eigenvalue weighted by Crippen LogP contribution is 2.27. The second-order valence-corrected chi connectivity index (χ2v) is 5.24. The lowest BCUT2D eigenvalue weighted by Crippen LogP contribution is -2.20. The molecule has 3 heteroatoms. The van der Waals surface area contributed by atoms with Crippen LogP contribution in [0, 0.1) is 5.92 Å². The summed E-state index contributed by atoms with van der Waals surface area (Å²) in [6.45, 7) is 6.68. The Morgan fingerprint density at radius 2 is 1.79 bits per heavy atom. The van der Waals surface area contributed by atoms with E-state index in [2.05, 4.69) is 31.3 Å². The van der Waals surface area contributed by atoms with E-state index >= 15 is 0 Å². The highest BCUT2D eigenvalue weighted by Gasteiger charge is 2.04. The van der Waals surface area contributed by atoms with E-state index in [0.29, 0.717) is 0 Å². The van der Waals surface area contributed by atoms with Gasteiger partial charge in [-0.25, -0.2) is 0 Å². The van der Waals surface area contributed by atoms with Crippen LogP contribution in [0.1, 0.15) is 32.3 Å². The smallest absolute Gasteiger partial charge is 0.160 e. The van der Waals surface area contributed by atoms with Gasteiger partial charge in [0.2, 0.25) is 0 Å². The molecule has 0 amide bonds. The Bertz CT molecular complexity index is 364. The third kappa shape index (κ3) is 5.97. The fraction of sp³-hybridized carbons (Fsp3) is 0.625. The second kappa shape index (κ2) is 8.81. The predicted octanol–water partition coefficient (Wildman–Crippen LogP) is 3.27. The zero-order valence-corrected chi connectivity index (χ0v) is 12.7. The van der Waals surface area contributed by atoms with Gasteiger partial charge in [-0.1, -0.05) is 19.9 Å². The fourth-order valence-electron chi connectivity index (χ4n) is 2.01. The number of methoxy groups -OCH3 is 2. The molecule has 0 saturated heterocycles. The lowest BCUT2D eigenvalue weighted by atomic mass is 10.1. The van der Waals surface area contributed by atoms with Crippen LogP contribution in [0.15, 0.2) is 18.2 Å². The van der Waals surface area contributed by atoms with Crippen molar-refractivity contribution < 1.29 is 9.47 Å². The highest BCUT2D eigenvalue weighted by atomic mass is 16.5. The Morgan fingerprint density at radius 1 is 1.05 bits per heavy atom. The Kier molecular flexibility index (Phi) is 7.34. The van der Waals surface area contributed by atoms with E-state index in [1.807, 2.05) is 6.07 Å². The minimum absolute atomic E-state index is 0.728. The molecule has 0 saturated carbocycles. The number of aryl methyl sites for hydroxylation is 1. The zero-order chi connectivity index (χ0) is 14.1. The number of hydrogen-bond donors (Lipinski definition) is 1. The lowest BCUT2D eigenvalue weighted by Gasteiger charge is -2.10. The fourth-order valence-corrected chi connectivity index (χ4v) is 2.01. The Labute approximate surface area is 117 Å². The maximum absolute atomic E-state index is 5.31. The molecule has 0 unspecified atom stereocenters. The van der Waals surface area contributed by atoms with Gasteiger partial charge >= 0.3 is 0 Å². The topological polar surface area (TPSA) is 30.5 Å². The van der Waals surface area contributed by atoms with E-state index in [4.69, 9.17) is 9.47 Å². The number of unbranched alkanes of at least 4 members (excludes halogenated alkanes) is 1. The van der Waals surface area contributed by atoms with Crippen LogP contribution in [0.25, 0.3) is 0 Å². The monoisotopic (exact) mass is 265 g/mol. The first-order valence-electron chi connectivity index (χ1n) is 7.09. The molecule has 0 aliphatic heterocycles. The van der Waals surface area contributed by atoms with E-state index < -0.39 is 0 Å². The molecule has 1 rings (SSSR count). The first-order valence-corrected chi connectivity index (χ1v) is 7.09. The maximum Gasteiger partial charge on any atom is 0.160 e. The maximum atomic E-state index is 5.31. The number of ether oxygens (including phenoxy) is 2. The van der Waals surface area contributed by atoms with Crippen LogP contribution in [0.3, 0.4) is 0 Å². The molecule has 0 aromatic heterocycles. The van der Waals surface area contributed by atoms with Crippen LogP contribution >= 0.6 is 0 Å². The van der Waals surface area contributed by atoms with Crippen molar-refractivity contribution in [3.8, 4) is 11.5 Å². The first-order chi connectivity index (χ1) is 9.17. The summed E-state index contributed by atoms with van der Waals surface area (Å²) in [4.78, 5) is 0.